The van der Waals surface area contributed by atoms with Gasteiger partial charge in [-0.25, -0.2) is 4.39 Å². The van der Waals surface area contributed by atoms with Crippen LogP contribution < -0.4 is 0 Å². The Bertz CT molecular complexity index is 300. The molecule has 0 bridgehead atoms. The molecule has 0 aliphatic rings. The van der Waals surface area contributed by atoms with Gasteiger partial charge in [0.1, 0.15) is 5.82 Å². The van der Waals surface area contributed by atoms with E-state index in [4.69, 9.17) is 9.47 Å². The molecule has 1 aromatic rings. The Morgan fingerprint density at radius 2 is 2.00 bits per heavy atom. The topological polar surface area (TPSA) is 18.5 Å². The third-order valence-electron chi connectivity index (χ3n) is 2.22. The van der Waals surface area contributed by atoms with E-state index in [0.717, 1.165) is 0 Å². The van der Waals surface area contributed by atoms with Crippen molar-refractivity contribution in [3.63, 3.8) is 0 Å². The first-order valence-electron chi connectivity index (χ1n) is 5.06. The summed E-state index contributed by atoms with van der Waals surface area (Å²) in [4.78, 5) is 0. The van der Waals surface area contributed by atoms with Gasteiger partial charge >= 0.3 is 0 Å². The fraction of sp³-hybridized carbons (Fsp3) is 0.500. The van der Waals surface area contributed by atoms with Crippen LogP contribution in [0.15, 0.2) is 18.2 Å². The molecular formula is C12H17FO2. The first-order valence-corrected chi connectivity index (χ1v) is 5.06. The second-order valence-corrected chi connectivity index (χ2v) is 3.40. The van der Waals surface area contributed by atoms with Crippen LogP contribution >= 0.6 is 0 Å². The largest absolute Gasteiger partial charge is 0.382 e. The number of aryl methyl sites for hydroxylation is 1. The number of rotatable bonds is 6. The molecule has 3 heteroatoms. The smallest absolute Gasteiger partial charge is 0.129 e. The maximum atomic E-state index is 13.5. The average molecular weight is 212 g/mol. The molecule has 0 heterocycles. The van der Waals surface area contributed by atoms with Crippen LogP contribution in [-0.2, 0) is 15.9 Å². The zero-order chi connectivity index (χ0) is 11.1. The second-order valence-electron chi connectivity index (χ2n) is 3.40. The predicted molar refractivity (Wildman–Crippen MR) is 57.5 cm³/mol. The normalized spacial score (nSPS) is 10.6. The monoisotopic (exact) mass is 212 g/mol. The van der Waals surface area contributed by atoms with Gasteiger partial charge in [0.2, 0.25) is 0 Å². The Morgan fingerprint density at radius 3 is 2.73 bits per heavy atom. The SMILES string of the molecule is COCCOCCc1cccc(C)c1F. The van der Waals surface area contributed by atoms with Crippen LogP contribution in [0.1, 0.15) is 11.1 Å². The van der Waals surface area contributed by atoms with E-state index in [1.807, 2.05) is 6.07 Å². The lowest BCUT2D eigenvalue weighted by Gasteiger charge is -2.06. The highest BCUT2D eigenvalue weighted by Gasteiger charge is 2.03. The van der Waals surface area contributed by atoms with E-state index in [1.165, 1.54) is 0 Å². The van der Waals surface area contributed by atoms with Crippen molar-refractivity contribution in [3.8, 4) is 0 Å². The van der Waals surface area contributed by atoms with Crippen molar-refractivity contribution in [1.82, 2.24) is 0 Å². The van der Waals surface area contributed by atoms with Gasteiger partial charge in [-0.05, 0) is 24.5 Å². The van der Waals surface area contributed by atoms with Crippen LogP contribution in [0, 0.1) is 12.7 Å². The Hall–Kier alpha value is -0.930. The minimum atomic E-state index is -0.118. The van der Waals surface area contributed by atoms with Crippen LogP contribution in [0.25, 0.3) is 0 Å². The molecule has 0 saturated carbocycles. The fourth-order valence-corrected chi connectivity index (χ4v) is 1.33. The standard InChI is InChI=1S/C12H17FO2/c1-10-4-3-5-11(12(10)13)6-7-15-9-8-14-2/h3-5H,6-9H2,1-2H3. The Kier molecular flexibility index (Phi) is 5.29. The number of halogens is 1. The Balaban J connectivity index is 2.34. The van der Waals surface area contributed by atoms with Crippen molar-refractivity contribution in [3.05, 3.63) is 35.1 Å². The van der Waals surface area contributed by atoms with E-state index >= 15 is 0 Å². The van der Waals surface area contributed by atoms with Crippen LogP contribution in [-0.4, -0.2) is 26.9 Å². The summed E-state index contributed by atoms with van der Waals surface area (Å²) in [7, 11) is 1.63. The number of methoxy groups -OCH3 is 1. The third kappa shape index (κ3) is 3.98. The lowest BCUT2D eigenvalue weighted by atomic mass is 10.1. The molecule has 0 fully saturated rings. The quantitative estimate of drug-likeness (QED) is 0.674. The highest BCUT2D eigenvalue weighted by atomic mass is 19.1. The molecule has 0 spiro atoms. The molecule has 0 aliphatic carbocycles. The Morgan fingerprint density at radius 1 is 1.20 bits per heavy atom. The van der Waals surface area contributed by atoms with Gasteiger partial charge in [0, 0.05) is 7.11 Å². The summed E-state index contributed by atoms with van der Waals surface area (Å²) in [5, 5.41) is 0. The maximum absolute atomic E-state index is 13.5. The Labute approximate surface area is 90.0 Å². The van der Waals surface area contributed by atoms with E-state index < -0.39 is 0 Å². The zero-order valence-electron chi connectivity index (χ0n) is 9.25. The second kappa shape index (κ2) is 6.53. The van der Waals surface area contributed by atoms with E-state index in [-0.39, 0.29) is 5.82 Å². The summed E-state index contributed by atoms with van der Waals surface area (Å²) in [6.07, 6.45) is 0.608. The minimum Gasteiger partial charge on any atom is -0.382 e. The highest BCUT2D eigenvalue weighted by Crippen LogP contribution is 2.12. The first-order chi connectivity index (χ1) is 7.25. The summed E-state index contributed by atoms with van der Waals surface area (Å²) < 4.78 is 23.6. The molecule has 0 aliphatic heterocycles. The molecule has 15 heavy (non-hydrogen) atoms. The number of hydrogen-bond donors (Lipinski definition) is 0. The molecular weight excluding hydrogens is 195 g/mol. The van der Waals surface area contributed by atoms with Crippen LogP contribution in [0.4, 0.5) is 4.39 Å². The zero-order valence-corrected chi connectivity index (χ0v) is 9.25. The molecule has 0 amide bonds. The lowest BCUT2D eigenvalue weighted by Crippen LogP contribution is -2.06. The van der Waals surface area contributed by atoms with Crippen molar-refractivity contribution in [1.29, 1.82) is 0 Å². The van der Waals surface area contributed by atoms with Gasteiger partial charge in [0.15, 0.2) is 0 Å². The summed E-state index contributed by atoms with van der Waals surface area (Å²) in [6.45, 7) is 3.44. The number of hydrogen-bond acceptors (Lipinski definition) is 2. The molecule has 0 aromatic heterocycles. The maximum Gasteiger partial charge on any atom is 0.129 e. The van der Waals surface area contributed by atoms with Gasteiger partial charge in [-0.2, -0.15) is 0 Å². The van der Waals surface area contributed by atoms with Gasteiger partial charge in [0.25, 0.3) is 0 Å². The van der Waals surface area contributed by atoms with E-state index in [2.05, 4.69) is 0 Å². The molecule has 0 unspecified atom stereocenters. The van der Waals surface area contributed by atoms with E-state index in [1.54, 1.807) is 26.2 Å². The van der Waals surface area contributed by atoms with Gasteiger partial charge in [0.05, 0.1) is 19.8 Å². The lowest BCUT2D eigenvalue weighted by molar-refractivity contribution is 0.0720. The molecule has 84 valence electrons. The molecule has 0 saturated heterocycles. The molecule has 0 N–H and O–H groups in total. The van der Waals surface area contributed by atoms with Crippen molar-refractivity contribution < 1.29 is 13.9 Å². The summed E-state index contributed by atoms with van der Waals surface area (Å²) in [5.74, 6) is -0.118. The fourth-order valence-electron chi connectivity index (χ4n) is 1.33. The summed E-state index contributed by atoms with van der Waals surface area (Å²) in [6, 6.07) is 5.43. The van der Waals surface area contributed by atoms with Crippen LogP contribution in [0.2, 0.25) is 0 Å². The summed E-state index contributed by atoms with van der Waals surface area (Å²) in [5.41, 5.74) is 1.40. The average Bonchev–Trinajstić information content (AvgIpc) is 2.24. The van der Waals surface area contributed by atoms with Crippen molar-refractivity contribution in [2.45, 2.75) is 13.3 Å². The van der Waals surface area contributed by atoms with Crippen LogP contribution in [0.5, 0.6) is 0 Å². The van der Waals surface area contributed by atoms with Crippen LogP contribution in [0.3, 0.4) is 0 Å². The van der Waals surface area contributed by atoms with Crippen molar-refractivity contribution in [2.75, 3.05) is 26.9 Å². The summed E-state index contributed by atoms with van der Waals surface area (Å²) >= 11 is 0. The molecule has 1 rings (SSSR count). The third-order valence-corrected chi connectivity index (χ3v) is 2.22. The number of benzene rings is 1. The highest BCUT2D eigenvalue weighted by molar-refractivity contribution is 5.24. The van der Waals surface area contributed by atoms with E-state index in [0.29, 0.717) is 37.4 Å². The molecule has 2 nitrogen and oxygen atoms in total. The predicted octanol–water partition coefficient (Wildman–Crippen LogP) is 2.34. The van der Waals surface area contributed by atoms with Gasteiger partial charge in [-0.15, -0.1) is 0 Å². The van der Waals surface area contributed by atoms with Crippen molar-refractivity contribution in [2.24, 2.45) is 0 Å². The number of ether oxygens (including phenoxy) is 2. The molecule has 1 aromatic carbocycles. The minimum absolute atomic E-state index is 0.118. The van der Waals surface area contributed by atoms with Gasteiger partial charge < -0.3 is 9.47 Å². The molecule has 0 radical (unpaired) electrons. The van der Waals surface area contributed by atoms with E-state index in [9.17, 15) is 4.39 Å². The first kappa shape index (κ1) is 12.1. The van der Waals surface area contributed by atoms with Crippen molar-refractivity contribution >= 4 is 0 Å². The molecule has 0 atom stereocenters. The van der Waals surface area contributed by atoms with Gasteiger partial charge in [-0.1, -0.05) is 18.2 Å². The van der Waals surface area contributed by atoms with Gasteiger partial charge in [-0.3, -0.25) is 0 Å².